The van der Waals surface area contributed by atoms with Crippen LogP contribution >= 0.6 is 0 Å². The van der Waals surface area contributed by atoms with E-state index in [0.717, 1.165) is 50.3 Å². The molecule has 1 aromatic rings. The van der Waals surface area contributed by atoms with Gasteiger partial charge in [0.15, 0.2) is 0 Å². The summed E-state index contributed by atoms with van der Waals surface area (Å²) in [7, 11) is 0. The van der Waals surface area contributed by atoms with Crippen molar-refractivity contribution < 1.29 is 13.6 Å². The molecule has 0 aromatic carbocycles. The molecule has 5 heteroatoms. The summed E-state index contributed by atoms with van der Waals surface area (Å²) in [5.41, 5.74) is 1.40. The first-order chi connectivity index (χ1) is 11.8. The lowest BCUT2D eigenvalue weighted by molar-refractivity contribution is -0.144. The quantitative estimate of drug-likeness (QED) is 0.799. The largest absolute Gasteiger partial charge is 0.337 e. The van der Waals surface area contributed by atoms with Crippen molar-refractivity contribution in [3.05, 3.63) is 29.1 Å². The zero-order chi connectivity index (χ0) is 17.8. The van der Waals surface area contributed by atoms with Gasteiger partial charge >= 0.3 is 0 Å². The van der Waals surface area contributed by atoms with Crippen LogP contribution in [0.4, 0.5) is 8.78 Å². The maximum Gasteiger partial charge on any atom is 0.272 e. The Morgan fingerprint density at radius 2 is 2.24 bits per heavy atom. The summed E-state index contributed by atoms with van der Waals surface area (Å²) in [4.78, 5) is 19.5. The Morgan fingerprint density at radius 1 is 1.44 bits per heavy atom. The number of alkyl halides is 2. The van der Waals surface area contributed by atoms with Crippen molar-refractivity contribution in [1.82, 2.24) is 9.88 Å². The van der Waals surface area contributed by atoms with Crippen molar-refractivity contribution in [2.24, 2.45) is 17.3 Å². The number of aromatic nitrogens is 1. The van der Waals surface area contributed by atoms with Gasteiger partial charge in [-0.1, -0.05) is 13.3 Å². The van der Waals surface area contributed by atoms with Crippen LogP contribution < -0.4 is 0 Å². The maximum atomic E-state index is 13.6. The van der Waals surface area contributed by atoms with E-state index in [1.54, 1.807) is 6.07 Å². The normalized spacial score (nSPS) is 31.8. The molecule has 1 aliphatic heterocycles. The second-order valence-corrected chi connectivity index (χ2v) is 8.49. The summed E-state index contributed by atoms with van der Waals surface area (Å²) >= 11 is 0. The number of hydrogen-bond acceptors (Lipinski definition) is 2. The van der Waals surface area contributed by atoms with Crippen molar-refractivity contribution in [3.63, 3.8) is 0 Å². The van der Waals surface area contributed by atoms with E-state index in [0.29, 0.717) is 31.3 Å². The Morgan fingerprint density at radius 3 is 3.00 bits per heavy atom. The van der Waals surface area contributed by atoms with Gasteiger partial charge in [-0.3, -0.25) is 9.78 Å². The monoisotopic (exact) mass is 348 g/mol. The number of halogens is 2. The summed E-state index contributed by atoms with van der Waals surface area (Å²) in [6.07, 6.45) is 7.38. The van der Waals surface area contributed by atoms with Crippen LogP contribution in [0, 0.1) is 17.3 Å². The van der Waals surface area contributed by atoms with Crippen LogP contribution in [-0.4, -0.2) is 22.3 Å². The minimum absolute atomic E-state index is 0.0630. The Balaban J connectivity index is 1.59. The van der Waals surface area contributed by atoms with Gasteiger partial charge in [0.2, 0.25) is 5.91 Å². The summed E-state index contributed by atoms with van der Waals surface area (Å²) in [5.74, 6) is -1.51. The first kappa shape index (κ1) is 16.9. The van der Waals surface area contributed by atoms with E-state index in [1.807, 2.05) is 4.90 Å². The summed E-state index contributed by atoms with van der Waals surface area (Å²) in [5, 5.41) is 0. The van der Waals surface area contributed by atoms with Crippen LogP contribution in [0.15, 0.2) is 12.3 Å². The summed E-state index contributed by atoms with van der Waals surface area (Å²) in [6, 6.07) is 1.54. The summed E-state index contributed by atoms with van der Waals surface area (Å²) < 4.78 is 27.2. The molecule has 0 spiro atoms. The number of carbonyl (C=O) groups is 1. The van der Waals surface area contributed by atoms with E-state index in [-0.39, 0.29) is 16.9 Å². The molecule has 3 unspecified atom stereocenters. The molecule has 3 aliphatic rings. The van der Waals surface area contributed by atoms with Crippen LogP contribution in [0.5, 0.6) is 0 Å². The number of rotatable bonds is 2. The average molecular weight is 348 g/mol. The highest BCUT2D eigenvalue weighted by Crippen LogP contribution is 2.57. The van der Waals surface area contributed by atoms with Crippen molar-refractivity contribution >= 4 is 5.91 Å². The van der Waals surface area contributed by atoms with E-state index in [2.05, 4.69) is 11.9 Å². The molecule has 136 valence electrons. The topological polar surface area (TPSA) is 33.2 Å². The van der Waals surface area contributed by atoms with Crippen LogP contribution in [0.1, 0.15) is 62.8 Å². The highest BCUT2D eigenvalue weighted by Gasteiger charge is 2.55. The predicted octanol–water partition coefficient (Wildman–Crippen LogP) is 4.29. The van der Waals surface area contributed by atoms with Gasteiger partial charge in [-0.05, 0) is 49.1 Å². The van der Waals surface area contributed by atoms with Crippen molar-refractivity contribution in [3.8, 4) is 0 Å². The second-order valence-electron chi connectivity index (χ2n) is 8.49. The van der Waals surface area contributed by atoms with Crippen LogP contribution in [-0.2, 0) is 23.7 Å². The Bertz CT molecular complexity index is 699. The van der Waals surface area contributed by atoms with Gasteiger partial charge in [0, 0.05) is 43.9 Å². The van der Waals surface area contributed by atoms with E-state index in [1.165, 1.54) is 6.20 Å². The highest BCUT2D eigenvalue weighted by atomic mass is 19.3. The van der Waals surface area contributed by atoms with Gasteiger partial charge in [0.05, 0.1) is 5.41 Å². The molecule has 0 saturated heterocycles. The molecule has 3 nitrogen and oxygen atoms in total. The third-order valence-corrected chi connectivity index (χ3v) is 6.62. The third-order valence-electron chi connectivity index (χ3n) is 6.62. The number of fused-ring (bicyclic) bond motifs is 2. The maximum absolute atomic E-state index is 13.6. The second kappa shape index (κ2) is 5.75. The smallest absolute Gasteiger partial charge is 0.272 e. The molecular formula is C20H26F2N2O. The molecule has 0 radical (unpaired) electrons. The first-order valence-electron chi connectivity index (χ1n) is 9.45. The molecular weight excluding hydrogens is 322 g/mol. The third kappa shape index (κ3) is 2.76. The van der Waals surface area contributed by atoms with Gasteiger partial charge in [-0.2, -0.15) is 0 Å². The van der Waals surface area contributed by atoms with Gasteiger partial charge in [0.1, 0.15) is 0 Å². The predicted molar refractivity (Wildman–Crippen MR) is 91.1 cm³/mol. The fourth-order valence-electron chi connectivity index (χ4n) is 5.47. The minimum atomic E-state index is -2.90. The fraction of sp³-hybridized carbons (Fsp3) is 0.700. The summed E-state index contributed by atoms with van der Waals surface area (Å²) in [6.45, 7) is 4.22. The lowest BCUT2D eigenvalue weighted by Crippen LogP contribution is -2.46. The van der Waals surface area contributed by atoms with Gasteiger partial charge in [-0.15, -0.1) is 0 Å². The number of carbonyl (C=O) groups excluding carboxylic acids is 1. The average Bonchev–Trinajstić information content (AvgIpc) is 3.09. The molecule has 1 aromatic heterocycles. The molecule has 2 saturated carbocycles. The zero-order valence-corrected chi connectivity index (χ0v) is 15.0. The van der Waals surface area contributed by atoms with Gasteiger partial charge in [-0.25, -0.2) is 8.78 Å². The molecule has 2 aliphatic carbocycles. The van der Waals surface area contributed by atoms with Crippen molar-refractivity contribution in [2.75, 3.05) is 6.54 Å². The Labute approximate surface area is 147 Å². The Hall–Kier alpha value is -1.52. The molecule has 2 fully saturated rings. The van der Waals surface area contributed by atoms with Gasteiger partial charge in [0.25, 0.3) is 5.92 Å². The molecule has 0 N–H and O–H groups in total. The first-order valence-corrected chi connectivity index (χ1v) is 9.45. The SMILES string of the molecule is CC1CC2CCCC2(C(=O)N2CCc3ncc(C(C)(F)F)cc3C2)C1. The van der Waals surface area contributed by atoms with Gasteiger partial charge < -0.3 is 4.90 Å². The van der Waals surface area contributed by atoms with Crippen LogP contribution in [0.2, 0.25) is 0 Å². The van der Waals surface area contributed by atoms with Crippen LogP contribution in [0.25, 0.3) is 0 Å². The van der Waals surface area contributed by atoms with Crippen molar-refractivity contribution in [1.29, 1.82) is 0 Å². The minimum Gasteiger partial charge on any atom is -0.337 e. The number of nitrogens with zero attached hydrogens (tertiary/aromatic N) is 2. The number of pyridine rings is 1. The molecule has 3 atom stereocenters. The fourth-order valence-corrected chi connectivity index (χ4v) is 5.47. The van der Waals surface area contributed by atoms with E-state index >= 15 is 0 Å². The molecule has 0 bridgehead atoms. The molecule has 4 rings (SSSR count). The highest BCUT2D eigenvalue weighted by molar-refractivity contribution is 5.84. The molecule has 25 heavy (non-hydrogen) atoms. The van der Waals surface area contributed by atoms with Crippen LogP contribution in [0.3, 0.4) is 0 Å². The lowest BCUT2D eigenvalue weighted by Gasteiger charge is -2.37. The number of hydrogen-bond donors (Lipinski definition) is 0. The van der Waals surface area contributed by atoms with E-state index in [9.17, 15) is 13.6 Å². The zero-order valence-electron chi connectivity index (χ0n) is 15.0. The standard InChI is InChI=1S/C20H26F2N2O/c1-13-8-15-4-3-6-20(15,10-13)18(25)24-7-5-17-14(12-24)9-16(11-23-17)19(2,21)22/h9,11,13,15H,3-8,10,12H2,1-2H3. The van der Waals surface area contributed by atoms with E-state index in [4.69, 9.17) is 0 Å². The van der Waals surface area contributed by atoms with Crippen molar-refractivity contribution in [2.45, 2.75) is 64.8 Å². The van der Waals surface area contributed by atoms with E-state index < -0.39 is 5.92 Å². The molecule has 2 heterocycles. The Kier molecular flexibility index (Phi) is 3.89. The molecule has 1 amide bonds. The lowest BCUT2D eigenvalue weighted by atomic mass is 9.78. The number of amides is 1.